The van der Waals surface area contributed by atoms with Gasteiger partial charge in [-0.1, -0.05) is 6.07 Å². The van der Waals surface area contributed by atoms with Crippen molar-refractivity contribution in [1.82, 2.24) is 4.90 Å². The smallest absolute Gasteiger partial charge is 0.326 e. The molecule has 1 N–H and O–H groups in total. The topological polar surface area (TPSA) is 66.8 Å². The molecule has 108 valence electrons. The first kappa shape index (κ1) is 14.4. The molecule has 0 aromatic heterocycles. The van der Waals surface area contributed by atoms with E-state index in [1.807, 2.05) is 6.92 Å². The van der Waals surface area contributed by atoms with Crippen LogP contribution in [0.3, 0.4) is 0 Å². The van der Waals surface area contributed by atoms with Crippen LogP contribution in [-0.2, 0) is 4.79 Å². The third kappa shape index (κ3) is 3.10. The van der Waals surface area contributed by atoms with E-state index in [9.17, 15) is 14.7 Å². The highest BCUT2D eigenvalue weighted by molar-refractivity contribution is 5.97. The number of piperidine rings is 1. The summed E-state index contributed by atoms with van der Waals surface area (Å²) in [5, 5.41) is 9.22. The summed E-state index contributed by atoms with van der Waals surface area (Å²) >= 11 is 0. The molecule has 1 aromatic carbocycles. The molecule has 2 rings (SSSR count). The SMILES string of the molecule is CCOc1cccc(C(=O)N2CCCC[C@@H]2C(=O)O)c1. The number of carboxylic acid groups (broad SMARTS) is 1. The van der Waals surface area contributed by atoms with Crippen molar-refractivity contribution < 1.29 is 19.4 Å². The van der Waals surface area contributed by atoms with Crippen LogP contribution in [0.2, 0.25) is 0 Å². The van der Waals surface area contributed by atoms with Gasteiger partial charge in [0.15, 0.2) is 0 Å². The molecule has 1 amide bonds. The summed E-state index contributed by atoms with van der Waals surface area (Å²) in [7, 11) is 0. The zero-order valence-electron chi connectivity index (χ0n) is 11.5. The Hall–Kier alpha value is -2.04. The minimum absolute atomic E-state index is 0.237. The standard InChI is InChI=1S/C15H19NO4/c1-2-20-12-7-5-6-11(10-12)14(17)16-9-4-3-8-13(16)15(18)19/h5-7,10,13H,2-4,8-9H2,1H3,(H,18,19)/t13-/m1/s1. The second-order valence-corrected chi connectivity index (χ2v) is 4.81. The van der Waals surface area contributed by atoms with Gasteiger partial charge in [-0.15, -0.1) is 0 Å². The van der Waals surface area contributed by atoms with Crippen molar-refractivity contribution in [2.45, 2.75) is 32.2 Å². The van der Waals surface area contributed by atoms with Gasteiger partial charge in [-0.3, -0.25) is 4.79 Å². The number of aliphatic carboxylic acids is 1. The summed E-state index contributed by atoms with van der Waals surface area (Å²) in [5.74, 6) is -0.542. The molecular formula is C15H19NO4. The molecule has 1 aliphatic heterocycles. The van der Waals surface area contributed by atoms with E-state index < -0.39 is 12.0 Å². The Balaban J connectivity index is 2.20. The lowest BCUT2D eigenvalue weighted by Gasteiger charge is -2.33. The van der Waals surface area contributed by atoms with Crippen molar-refractivity contribution >= 4 is 11.9 Å². The van der Waals surface area contributed by atoms with E-state index in [4.69, 9.17) is 4.74 Å². The molecule has 0 radical (unpaired) electrons. The van der Waals surface area contributed by atoms with Crippen LogP contribution in [0.15, 0.2) is 24.3 Å². The lowest BCUT2D eigenvalue weighted by Crippen LogP contribution is -2.47. The van der Waals surface area contributed by atoms with Crippen LogP contribution in [0.25, 0.3) is 0 Å². The van der Waals surface area contributed by atoms with E-state index in [0.29, 0.717) is 30.9 Å². The van der Waals surface area contributed by atoms with Crippen molar-refractivity contribution in [3.63, 3.8) is 0 Å². The summed E-state index contributed by atoms with van der Waals surface area (Å²) in [4.78, 5) is 25.2. The van der Waals surface area contributed by atoms with Crippen LogP contribution in [0, 0.1) is 0 Å². The molecule has 1 aliphatic rings. The van der Waals surface area contributed by atoms with Gasteiger partial charge in [0.05, 0.1) is 6.61 Å². The van der Waals surface area contributed by atoms with Crippen molar-refractivity contribution in [1.29, 1.82) is 0 Å². The van der Waals surface area contributed by atoms with Gasteiger partial charge in [0.25, 0.3) is 5.91 Å². The minimum atomic E-state index is -0.931. The number of hydrogen-bond donors (Lipinski definition) is 1. The molecule has 1 heterocycles. The van der Waals surface area contributed by atoms with Gasteiger partial charge in [0, 0.05) is 12.1 Å². The number of likely N-dealkylation sites (tertiary alicyclic amines) is 1. The second kappa shape index (κ2) is 6.41. The average molecular weight is 277 g/mol. The number of rotatable bonds is 4. The third-order valence-corrected chi connectivity index (χ3v) is 3.44. The summed E-state index contributed by atoms with van der Waals surface area (Å²) in [6.45, 7) is 2.90. The van der Waals surface area contributed by atoms with E-state index in [2.05, 4.69) is 0 Å². The predicted octanol–water partition coefficient (Wildman–Crippen LogP) is 2.16. The summed E-state index contributed by atoms with van der Waals surface area (Å²) < 4.78 is 5.37. The lowest BCUT2D eigenvalue weighted by atomic mass is 10.0. The van der Waals surface area contributed by atoms with Crippen molar-refractivity contribution in [2.24, 2.45) is 0 Å². The van der Waals surface area contributed by atoms with Crippen molar-refractivity contribution in [2.75, 3.05) is 13.2 Å². The van der Waals surface area contributed by atoms with Gasteiger partial charge in [0.2, 0.25) is 0 Å². The largest absolute Gasteiger partial charge is 0.494 e. The van der Waals surface area contributed by atoms with Crippen LogP contribution in [0.1, 0.15) is 36.5 Å². The first-order valence-corrected chi connectivity index (χ1v) is 6.90. The molecule has 1 fully saturated rings. The molecule has 20 heavy (non-hydrogen) atoms. The molecular weight excluding hydrogens is 258 g/mol. The zero-order chi connectivity index (χ0) is 14.5. The van der Waals surface area contributed by atoms with Gasteiger partial charge in [-0.25, -0.2) is 4.79 Å². The Kier molecular flexibility index (Phi) is 4.61. The van der Waals surface area contributed by atoms with Gasteiger partial charge < -0.3 is 14.7 Å². The third-order valence-electron chi connectivity index (χ3n) is 3.44. The minimum Gasteiger partial charge on any atom is -0.494 e. The number of carboxylic acids is 1. The second-order valence-electron chi connectivity index (χ2n) is 4.81. The number of benzene rings is 1. The fraction of sp³-hybridized carbons (Fsp3) is 0.467. The molecule has 0 saturated carbocycles. The van der Waals surface area contributed by atoms with E-state index in [0.717, 1.165) is 12.8 Å². The molecule has 5 heteroatoms. The summed E-state index contributed by atoms with van der Waals surface area (Å²) in [6, 6.07) is 6.17. The maximum Gasteiger partial charge on any atom is 0.326 e. The maximum absolute atomic E-state index is 12.5. The fourth-order valence-corrected chi connectivity index (χ4v) is 2.48. The monoisotopic (exact) mass is 277 g/mol. The fourth-order valence-electron chi connectivity index (χ4n) is 2.48. The van der Waals surface area contributed by atoms with Gasteiger partial charge in [-0.2, -0.15) is 0 Å². The zero-order valence-corrected chi connectivity index (χ0v) is 11.5. The lowest BCUT2D eigenvalue weighted by molar-refractivity contribution is -0.143. The number of carbonyl (C=O) groups excluding carboxylic acids is 1. The Bertz CT molecular complexity index is 500. The van der Waals surface area contributed by atoms with Crippen LogP contribution in [0.5, 0.6) is 5.75 Å². The molecule has 5 nitrogen and oxygen atoms in total. The Labute approximate surface area is 118 Å². The van der Waals surface area contributed by atoms with Gasteiger partial charge in [0.1, 0.15) is 11.8 Å². The van der Waals surface area contributed by atoms with Crippen LogP contribution >= 0.6 is 0 Å². The number of hydrogen-bond acceptors (Lipinski definition) is 3. The van der Waals surface area contributed by atoms with Crippen LogP contribution in [-0.4, -0.2) is 41.1 Å². The van der Waals surface area contributed by atoms with Gasteiger partial charge >= 0.3 is 5.97 Å². The molecule has 0 spiro atoms. The highest BCUT2D eigenvalue weighted by Crippen LogP contribution is 2.21. The van der Waals surface area contributed by atoms with E-state index in [1.54, 1.807) is 24.3 Å². The van der Waals surface area contributed by atoms with E-state index in [-0.39, 0.29) is 5.91 Å². The van der Waals surface area contributed by atoms with Crippen LogP contribution < -0.4 is 4.74 Å². The number of nitrogens with zero attached hydrogens (tertiary/aromatic N) is 1. The van der Waals surface area contributed by atoms with Crippen molar-refractivity contribution in [3.8, 4) is 5.75 Å². The Morgan fingerprint density at radius 1 is 1.40 bits per heavy atom. The predicted molar refractivity (Wildman–Crippen MR) is 73.9 cm³/mol. The Morgan fingerprint density at radius 2 is 2.20 bits per heavy atom. The molecule has 1 atom stereocenters. The van der Waals surface area contributed by atoms with E-state index in [1.165, 1.54) is 4.90 Å². The Morgan fingerprint density at radius 3 is 2.90 bits per heavy atom. The van der Waals surface area contributed by atoms with Crippen molar-refractivity contribution in [3.05, 3.63) is 29.8 Å². The first-order valence-electron chi connectivity index (χ1n) is 6.90. The average Bonchev–Trinajstić information content (AvgIpc) is 2.47. The number of ether oxygens (including phenoxy) is 1. The molecule has 1 saturated heterocycles. The molecule has 1 aromatic rings. The maximum atomic E-state index is 12.5. The summed E-state index contributed by atoms with van der Waals surface area (Å²) in [5.41, 5.74) is 0.476. The number of carbonyl (C=O) groups is 2. The highest BCUT2D eigenvalue weighted by Gasteiger charge is 2.32. The normalized spacial score (nSPS) is 18.6. The van der Waals surface area contributed by atoms with Crippen LogP contribution in [0.4, 0.5) is 0 Å². The molecule has 0 aliphatic carbocycles. The first-order chi connectivity index (χ1) is 9.63. The quantitative estimate of drug-likeness (QED) is 0.916. The molecule has 0 unspecified atom stereocenters. The number of amides is 1. The van der Waals surface area contributed by atoms with Gasteiger partial charge in [-0.05, 0) is 44.4 Å². The van der Waals surface area contributed by atoms with E-state index >= 15 is 0 Å². The molecule has 0 bridgehead atoms. The highest BCUT2D eigenvalue weighted by atomic mass is 16.5. The summed E-state index contributed by atoms with van der Waals surface area (Å²) in [6.07, 6.45) is 2.21.